The molecule has 0 amide bonds. The Hall–Kier alpha value is -0.640. The first-order chi connectivity index (χ1) is 9.29. The summed E-state index contributed by atoms with van der Waals surface area (Å²) in [7, 11) is 0. The van der Waals surface area contributed by atoms with Crippen molar-refractivity contribution < 1.29 is 4.74 Å². The quantitative estimate of drug-likeness (QED) is 0.612. The third-order valence-electron chi connectivity index (χ3n) is 3.54. The van der Waals surface area contributed by atoms with Crippen molar-refractivity contribution in [1.82, 2.24) is 5.32 Å². The molecule has 3 heteroatoms. The molecule has 0 spiro atoms. The van der Waals surface area contributed by atoms with Crippen LogP contribution in [0.3, 0.4) is 0 Å². The van der Waals surface area contributed by atoms with Gasteiger partial charge in [-0.15, -0.1) is 6.58 Å². The number of rotatable bonds is 7. The van der Waals surface area contributed by atoms with Gasteiger partial charge in [0.2, 0.25) is 0 Å². The van der Waals surface area contributed by atoms with Gasteiger partial charge in [-0.2, -0.15) is 0 Å². The molecule has 1 aromatic carbocycles. The monoisotopic (exact) mass is 323 g/mol. The third-order valence-corrected chi connectivity index (χ3v) is 4.04. The van der Waals surface area contributed by atoms with Gasteiger partial charge in [0, 0.05) is 17.1 Å². The summed E-state index contributed by atoms with van der Waals surface area (Å²) >= 11 is 3.54. The average Bonchev–Trinajstić information content (AvgIpc) is 2.43. The van der Waals surface area contributed by atoms with E-state index in [1.807, 2.05) is 6.08 Å². The zero-order valence-corrected chi connectivity index (χ0v) is 12.9. The summed E-state index contributed by atoms with van der Waals surface area (Å²) in [4.78, 5) is 0. The molecule has 2 nitrogen and oxygen atoms in total. The fourth-order valence-corrected chi connectivity index (χ4v) is 2.91. The Labute approximate surface area is 124 Å². The lowest BCUT2D eigenvalue weighted by molar-refractivity contribution is 0.137. The maximum atomic E-state index is 5.51. The number of benzene rings is 1. The maximum Gasteiger partial charge on any atom is 0.0591 e. The van der Waals surface area contributed by atoms with Gasteiger partial charge in [0.15, 0.2) is 0 Å². The minimum absolute atomic E-state index is 0.594. The normalized spacial score (nSPS) is 18.1. The first-order valence-corrected chi connectivity index (χ1v) is 7.78. The van der Waals surface area contributed by atoms with Crippen molar-refractivity contribution in [2.75, 3.05) is 19.8 Å². The van der Waals surface area contributed by atoms with Crippen LogP contribution in [0.25, 0.3) is 0 Å². The number of ether oxygens (including phenoxy) is 1. The van der Waals surface area contributed by atoms with Crippen molar-refractivity contribution >= 4 is 15.9 Å². The van der Waals surface area contributed by atoms with Crippen LogP contribution in [0.1, 0.15) is 24.0 Å². The Bertz CT molecular complexity index is 419. The smallest absolute Gasteiger partial charge is 0.0591 e. The predicted molar refractivity (Wildman–Crippen MR) is 83.6 cm³/mol. The third kappa shape index (κ3) is 4.75. The Morgan fingerprint density at radius 3 is 3.11 bits per heavy atom. The van der Waals surface area contributed by atoms with E-state index in [0.29, 0.717) is 6.04 Å². The second-order valence-corrected chi connectivity index (χ2v) is 5.91. The number of nitrogens with one attached hydrogen (secondary N) is 1. The van der Waals surface area contributed by atoms with Gasteiger partial charge in [-0.05, 0) is 48.9 Å². The van der Waals surface area contributed by atoms with Crippen LogP contribution >= 0.6 is 15.9 Å². The standard InChI is InChI=1S/C16H22BrNO/c1-2-3-9-19-10-8-18-16-7-5-13-11-15(17)6-4-14(13)12-16/h2,4,6,11,16,18H,1,3,5,7-10,12H2. The number of halogens is 1. The first kappa shape index (κ1) is 14.8. The molecule has 1 unspecified atom stereocenters. The number of fused-ring (bicyclic) bond motifs is 1. The van der Waals surface area contributed by atoms with Crippen molar-refractivity contribution in [2.24, 2.45) is 0 Å². The molecule has 1 aromatic rings. The molecule has 1 N–H and O–H groups in total. The molecular formula is C16H22BrNO. The molecule has 0 saturated heterocycles. The highest BCUT2D eigenvalue weighted by Gasteiger charge is 2.17. The minimum atomic E-state index is 0.594. The summed E-state index contributed by atoms with van der Waals surface area (Å²) in [5, 5.41) is 3.59. The molecule has 19 heavy (non-hydrogen) atoms. The van der Waals surface area contributed by atoms with E-state index in [4.69, 9.17) is 4.74 Å². The molecule has 0 radical (unpaired) electrons. The van der Waals surface area contributed by atoms with Gasteiger partial charge < -0.3 is 10.1 Å². The van der Waals surface area contributed by atoms with Gasteiger partial charge in [-0.25, -0.2) is 0 Å². The van der Waals surface area contributed by atoms with Crippen LogP contribution < -0.4 is 5.32 Å². The van der Waals surface area contributed by atoms with E-state index in [1.54, 1.807) is 0 Å². The lowest BCUT2D eigenvalue weighted by Gasteiger charge is -2.25. The van der Waals surface area contributed by atoms with Gasteiger partial charge in [-0.1, -0.05) is 28.1 Å². The highest BCUT2D eigenvalue weighted by atomic mass is 79.9. The van der Waals surface area contributed by atoms with E-state index in [-0.39, 0.29) is 0 Å². The zero-order valence-electron chi connectivity index (χ0n) is 11.3. The molecular weight excluding hydrogens is 302 g/mol. The van der Waals surface area contributed by atoms with E-state index in [0.717, 1.165) is 32.6 Å². The number of hydrogen-bond acceptors (Lipinski definition) is 2. The van der Waals surface area contributed by atoms with Crippen molar-refractivity contribution in [3.05, 3.63) is 46.5 Å². The molecule has 1 aliphatic carbocycles. The minimum Gasteiger partial charge on any atom is -0.380 e. The highest BCUT2D eigenvalue weighted by molar-refractivity contribution is 9.10. The van der Waals surface area contributed by atoms with Crippen LogP contribution in [-0.4, -0.2) is 25.8 Å². The molecule has 0 bridgehead atoms. The van der Waals surface area contributed by atoms with Gasteiger partial charge in [0.05, 0.1) is 13.2 Å². The van der Waals surface area contributed by atoms with E-state index >= 15 is 0 Å². The van der Waals surface area contributed by atoms with Gasteiger partial charge in [0.25, 0.3) is 0 Å². The van der Waals surface area contributed by atoms with Crippen LogP contribution in [0.2, 0.25) is 0 Å². The highest BCUT2D eigenvalue weighted by Crippen LogP contribution is 2.24. The van der Waals surface area contributed by atoms with Gasteiger partial charge in [0.1, 0.15) is 0 Å². The SMILES string of the molecule is C=CCCOCCNC1CCc2cc(Br)ccc2C1. The molecule has 0 fully saturated rings. The molecule has 1 atom stereocenters. The molecule has 1 aliphatic rings. The first-order valence-electron chi connectivity index (χ1n) is 6.99. The van der Waals surface area contributed by atoms with Crippen LogP contribution in [-0.2, 0) is 17.6 Å². The van der Waals surface area contributed by atoms with Crippen LogP contribution in [0, 0.1) is 0 Å². The summed E-state index contributed by atoms with van der Waals surface area (Å²) in [6, 6.07) is 7.23. The number of hydrogen-bond donors (Lipinski definition) is 1. The van der Waals surface area contributed by atoms with Crippen molar-refractivity contribution in [3.8, 4) is 0 Å². The van der Waals surface area contributed by atoms with Crippen molar-refractivity contribution in [3.63, 3.8) is 0 Å². The lowest BCUT2D eigenvalue weighted by atomic mass is 9.88. The Morgan fingerprint density at radius 2 is 2.26 bits per heavy atom. The maximum absolute atomic E-state index is 5.51. The predicted octanol–water partition coefficient (Wildman–Crippen LogP) is 3.49. The molecule has 0 aromatic heterocycles. The van der Waals surface area contributed by atoms with E-state index in [1.165, 1.54) is 28.4 Å². The second kappa shape index (κ2) is 7.83. The van der Waals surface area contributed by atoms with Crippen LogP contribution in [0.5, 0.6) is 0 Å². The van der Waals surface area contributed by atoms with E-state index in [9.17, 15) is 0 Å². The Morgan fingerprint density at radius 1 is 1.37 bits per heavy atom. The Balaban J connectivity index is 1.70. The molecule has 0 saturated carbocycles. The van der Waals surface area contributed by atoms with E-state index in [2.05, 4.69) is 46.0 Å². The van der Waals surface area contributed by atoms with Crippen molar-refractivity contribution in [1.29, 1.82) is 0 Å². The number of aryl methyl sites for hydroxylation is 1. The summed E-state index contributed by atoms with van der Waals surface area (Å²) in [5.41, 5.74) is 2.98. The summed E-state index contributed by atoms with van der Waals surface area (Å²) < 4.78 is 6.70. The average molecular weight is 324 g/mol. The second-order valence-electron chi connectivity index (χ2n) is 5.00. The van der Waals surface area contributed by atoms with Crippen LogP contribution in [0.15, 0.2) is 35.3 Å². The fourth-order valence-electron chi connectivity index (χ4n) is 2.50. The fraction of sp³-hybridized carbons (Fsp3) is 0.500. The summed E-state index contributed by atoms with van der Waals surface area (Å²) in [6.07, 6.45) is 6.35. The van der Waals surface area contributed by atoms with Gasteiger partial charge in [-0.3, -0.25) is 0 Å². The molecule has 104 valence electrons. The Kier molecular flexibility index (Phi) is 6.08. The molecule has 0 heterocycles. The van der Waals surface area contributed by atoms with Crippen molar-refractivity contribution in [2.45, 2.75) is 31.7 Å². The topological polar surface area (TPSA) is 21.3 Å². The van der Waals surface area contributed by atoms with Gasteiger partial charge >= 0.3 is 0 Å². The molecule has 2 rings (SSSR count). The largest absolute Gasteiger partial charge is 0.380 e. The summed E-state index contributed by atoms with van der Waals surface area (Å²) in [6.45, 7) is 6.19. The zero-order chi connectivity index (χ0) is 13.5. The van der Waals surface area contributed by atoms with E-state index < -0.39 is 0 Å². The summed E-state index contributed by atoms with van der Waals surface area (Å²) in [5.74, 6) is 0. The molecule has 0 aliphatic heterocycles. The van der Waals surface area contributed by atoms with Crippen LogP contribution in [0.4, 0.5) is 0 Å². The lowest BCUT2D eigenvalue weighted by Crippen LogP contribution is -2.36.